The molecule has 0 aliphatic rings. The molecule has 0 bridgehead atoms. The molecule has 0 saturated carbocycles. The molecule has 0 heterocycles. The third kappa shape index (κ3) is 5.49. The van der Waals surface area contributed by atoms with E-state index in [0.29, 0.717) is 47.3 Å². The normalized spacial score (nSPS) is 10.0. The molecule has 11 heteroatoms. The van der Waals surface area contributed by atoms with E-state index in [1.54, 1.807) is 0 Å². The Labute approximate surface area is 199 Å². The van der Waals surface area contributed by atoms with Gasteiger partial charge in [-0.15, -0.1) is 45.8 Å². The molecular formula is C10Cl8FeI2-6. The first-order chi connectivity index (χ1) is 9.11. The molecule has 0 aromatic heterocycles. The van der Waals surface area contributed by atoms with Gasteiger partial charge in [-0.3, -0.25) is 0 Å². The summed E-state index contributed by atoms with van der Waals surface area (Å²) in [6.45, 7) is 0. The van der Waals surface area contributed by atoms with Crippen molar-refractivity contribution in [3.05, 3.63) is 47.3 Å². The Morgan fingerprint density at radius 1 is 0.714 bits per heavy atom. The summed E-state index contributed by atoms with van der Waals surface area (Å²) in [6.07, 6.45) is 0. The first kappa shape index (κ1) is 24.0. The summed E-state index contributed by atoms with van der Waals surface area (Å²) >= 11 is 49.3. The van der Waals surface area contributed by atoms with Crippen LogP contribution in [0.1, 0.15) is 0 Å². The van der Waals surface area contributed by atoms with Crippen molar-refractivity contribution in [1.29, 1.82) is 0 Å². The smallest absolute Gasteiger partial charge is 0 e. The van der Waals surface area contributed by atoms with Crippen molar-refractivity contribution in [1.82, 2.24) is 0 Å². The Hall–Kier alpha value is 3.00. The largest absolute Gasteiger partial charge is 0.637 e. The molecule has 0 spiro atoms. The molecule has 21 heavy (non-hydrogen) atoms. The zero-order chi connectivity index (χ0) is 15.8. The van der Waals surface area contributed by atoms with E-state index in [1.165, 1.54) is 0 Å². The van der Waals surface area contributed by atoms with E-state index in [2.05, 4.69) is 0 Å². The Balaban J connectivity index is 0.000000364. The second-order valence-corrected chi connectivity index (χ2v) is 8.32. The van der Waals surface area contributed by atoms with Crippen molar-refractivity contribution in [3.63, 3.8) is 0 Å². The summed E-state index contributed by atoms with van der Waals surface area (Å²) in [4.78, 5) is 0. The third-order valence-electron chi connectivity index (χ3n) is 1.93. The molecule has 0 atom stereocenters. The molecule has 0 N–H and O–H groups in total. The Morgan fingerprint density at radius 3 is 1.19 bits per heavy atom. The molecule has 0 saturated heterocycles. The van der Waals surface area contributed by atoms with E-state index in [0.717, 1.165) is 0 Å². The molecule has 0 unspecified atom stereocenters. The first-order valence-electron chi connectivity index (χ1n) is 4.39. The van der Waals surface area contributed by atoms with Crippen LogP contribution in [-0.4, -0.2) is 0 Å². The minimum Gasteiger partial charge on any atom is -0.637 e. The van der Waals surface area contributed by atoms with E-state index in [-0.39, 0.29) is 17.1 Å². The van der Waals surface area contributed by atoms with Gasteiger partial charge in [0.1, 0.15) is 0 Å². The molecule has 0 fully saturated rings. The van der Waals surface area contributed by atoms with Crippen molar-refractivity contribution in [2.45, 2.75) is 0 Å². The monoisotopic (exact) mass is 709 g/mol. The maximum Gasteiger partial charge on any atom is 0 e. The van der Waals surface area contributed by atoms with Gasteiger partial charge in [0.15, 0.2) is 0 Å². The zero-order valence-corrected chi connectivity index (χ0v) is 20.6. The van der Waals surface area contributed by atoms with Crippen molar-refractivity contribution >= 4 is 138 Å². The van der Waals surface area contributed by atoms with E-state index in [9.17, 15) is 0 Å². The number of hydrogen-bond acceptors (Lipinski definition) is 0. The maximum atomic E-state index is 5.70. The minimum atomic E-state index is 0. The molecular weight excluding hydrogens is 713 g/mol. The zero-order valence-electron chi connectivity index (χ0n) is 9.13. The fourth-order valence-electron chi connectivity index (χ4n) is 0.964. The fraction of sp³-hybridized carbons (Fsp3) is 0. The summed E-state index contributed by atoms with van der Waals surface area (Å²) in [6, 6.07) is 0. The Bertz CT molecular complexity index is 432. The molecule has 124 valence electrons. The standard InChI is InChI=1S/2C5Cl4I.Fe/c2*6-1-2(7)4(9)5(10)3(1)8;/q-5;-1;. The molecule has 2 aromatic carbocycles. The Kier molecular flexibility index (Phi) is 11.7. The average Bonchev–Trinajstić information content (AvgIpc) is 2.71. The third-order valence-corrected chi connectivity index (χ3v) is 8.96. The Morgan fingerprint density at radius 2 is 1.10 bits per heavy atom. The van der Waals surface area contributed by atoms with Gasteiger partial charge in [0.05, 0.1) is 0 Å². The van der Waals surface area contributed by atoms with Crippen LogP contribution < -0.4 is 0 Å². The van der Waals surface area contributed by atoms with Gasteiger partial charge in [-0.2, -0.15) is 23.2 Å². The molecule has 0 nitrogen and oxygen atoms in total. The molecule has 2 rings (SSSR count). The minimum absolute atomic E-state index is 0. The number of rotatable bonds is 0. The van der Waals surface area contributed by atoms with E-state index in [1.807, 2.05) is 45.2 Å². The quantitative estimate of drug-likeness (QED) is 0.145. The van der Waals surface area contributed by atoms with Crippen molar-refractivity contribution in [3.8, 4) is 0 Å². The summed E-state index contributed by atoms with van der Waals surface area (Å²) in [5.41, 5.74) is 0. The van der Waals surface area contributed by atoms with Crippen LogP contribution in [0.25, 0.3) is 0 Å². The van der Waals surface area contributed by atoms with Crippen LogP contribution in [0.4, 0.5) is 0 Å². The van der Waals surface area contributed by atoms with Crippen molar-refractivity contribution in [2.24, 2.45) is 0 Å². The van der Waals surface area contributed by atoms with Crippen LogP contribution in [0, 0.1) is 7.14 Å². The van der Waals surface area contributed by atoms with Crippen LogP contribution in [0.2, 0.25) is 40.2 Å². The van der Waals surface area contributed by atoms with E-state index in [4.69, 9.17) is 92.8 Å². The first-order valence-corrected chi connectivity index (χ1v) is 9.57. The second kappa shape index (κ2) is 10.2. The van der Waals surface area contributed by atoms with E-state index < -0.39 is 0 Å². The van der Waals surface area contributed by atoms with Crippen molar-refractivity contribution in [2.75, 3.05) is 0 Å². The van der Waals surface area contributed by atoms with Gasteiger partial charge in [0.2, 0.25) is 0 Å². The molecule has 0 amide bonds. The van der Waals surface area contributed by atoms with Crippen LogP contribution in [0.15, 0.2) is 0 Å². The van der Waals surface area contributed by atoms with Gasteiger partial charge >= 0.3 is 0 Å². The fourth-order valence-corrected chi connectivity index (χ4v) is 4.48. The van der Waals surface area contributed by atoms with Crippen LogP contribution in [0.3, 0.4) is 0 Å². The summed E-state index contributed by atoms with van der Waals surface area (Å²) in [5.74, 6) is 0. The predicted molar refractivity (Wildman–Crippen MR) is 110 cm³/mol. The summed E-state index contributed by atoms with van der Waals surface area (Å²) < 4.78 is 1.41. The molecule has 0 aliphatic carbocycles. The van der Waals surface area contributed by atoms with Gasteiger partial charge in [0.25, 0.3) is 0 Å². The van der Waals surface area contributed by atoms with Crippen LogP contribution >= 0.6 is 138 Å². The van der Waals surface area contributed by atoms with Gasteiger partial charge in [-0.25, -0.2) is 0 Å². The summed E-state index contributed by atoms with van der Waals surface area (Å²) in [7, 11) is 0. The molecule has 0 aliphatic heterocycles. The number of hydrogen-bond donors (Lipinski definition) is 0. The van der Waals surface area contributed by atoms with Gasteiger partial charge in [-0.05, 0) is 15.1 Å². The van der Waals surface area contributed by atoms with Gasteiger partial charge in [0, 0.05) is 17.1 Å². The molecule has 2 aromatic rings. The maximum absolute atomic E-state index is 5.70. The topological polar surface area (TPSA) is 0 Å². The van der Waals surface area contributed by atoms with Crippen LogP contribution in [-0.2, 0) is 17.1 Å². The van der Waals surface area contributed by atoms with Gasteiger partial charge < -0.3 is 92.7 Å². The second-order valence-electron chi connectivity index (χ2n) is 3.14. The average molecular weight is 713 g/mol. The van der Waals surface area contributed by atoms with Gasteiger partial charge in [-0.1, -0.05) is 8.59 Å². The number of halogens is 10. The summed E-state index contributed by atoms with van der Waals surface area (Å²) in [5, 5.41) is 3.04. The van der Waals surface area contributed by atoms with Crippen LogP contribution in [0.5, 0.6) is 0 Å². The van der Waals surface area contributed by atoms with E-state index >= 15 is 0 Å². The molecule has 0 radical (unpaired) electrons. The SMILES string of the molecule is Cl[c-]1[c-](Cl)[c-](Cl)[c-](I)[c-]1Cl.Clc1c(I)c(Cl)[c-](Cl)c1Cl.[Fe]. The van der Waals surface area contributed by atoms with Crippen molar-refractivity contribution < 1.29 is 17.1 Å². The predicted octanol–water partition coefficient (Wildman–Crippen LogP) is 9.24.